The lowest BCUT2D eigenvalue weighted by atomic mass is 9.89. The normalized spacial score (nSPS) is 22.8. The van der Waals surface area contributed by atoms with Gasteiger partial charge < -0.3 is 19.9 Å². The molecule has 2 fully saturated rings. The van der Waals surface area contributed by atoms with Gasteiger partial charge in [-0.1, -0.05) is 98.6 Å². The van der Waals surface area contributed by atoms with Gasteiger partial charge in [0.1, 0.15) is 0 Å². The third kappa shape index (κ3) is 7.19. The van der Waals surface area contributed by atoms with Gasteiger partial charge in [-0.2, -0.15) is 0 Å². The molecular formula is C36H44N2O4. The maximum absolute atomic E-state index is 11.5. The van der Waals surface area contributed by atoms with Crippen LogP contribution in [-0.2, 0) is 27.4 Å². The van der Waals surface area contributed by atoms with E-state index in [-0.39, 0.29) is 30.6 Å². The zero-order chi connectivity index (χ0) is 29.5. The molecule has 1 amide bonds. The van der Waals surface area contributed by atoms with Crippen molar-refractivity contribution in [3.63, 3.8) is 0 Å². The summed E-state index contributed by atoms with van der Waals surface area (Å²) in [5, 5.41) is 12.5. The lowest BCUT2D eigenvalue weighted by molar-refractivity contribution is -0.276. The molecule has 1 saturated heterocycles. The molecule has 42 heavy (non-hydrogen) atoms. The summed E-state index contributed by atoms with van der Waals surface area (Å²) in [6.07, 6.45) is 6.35. The molecule has 0 radical (unpaired) electrons. The van der Waals surface area contributed by atoms with Gasteiger partial charge in [0.05, 0.1) is 18.8 Å². The second-order valence-electron chi connectivity index (χ2n) is 11.7. The van der Waals surface area contributed by atoms with Crippen molar-refractivity contribution in [2.45, 2.75) is 77.2 Å². The Morgan fingerprint density at radius 2 is 1.69 bits per heavy atom. The number of carbonyl (C=O) groups excluding carboxylic acids is 1. The Bertz CT molecular complexity index is 1320. The Balaban J connectivity index is 1.41. The summed E-state index contributed by atoms with van der Waals surface area (Å²) >= 11 is 0. The van der Waals surface area contributed by atoms with Crippen LogP contribution >= 0.6 is 0 Å². The van der Waals surface area contributed by atoms with Crippen LogP contribution in [-0.4, -0.2) is 41.1 Å². The molecule has 2 aliphatic rings. The van der Waals surface area contributed by atoms with Gasteiger partial charge in [-0.3, -0.25) is 9.69 Å². The number of carbonyl (C=O) groups is 1. The molecule has 6 nitrogen and oxygen atoms in total. The van der Waals surface area contributed by atoms with E-state index in [1.807, 2.05) is 36.4 Å². The summed E-state index contributed by atoms with van der Waals surface area (Å²) in [5.74, 6) is 0.0885. The number of nitrogens with one attached hydrogen (secondary N) is 1. The highest BCUT2D eigenvalue weighted by Gasteiger charge is 2.40. The van der Waals surface area contributed by atoms with Crippen LogP contribution in [0.15, 0.2) is 85.5 Å². The summed E-state index contributed by atoms with van der Waals surface area (Å²) < 4.78 is 13.5. The van der Waals surface area contributed by atoms with Crippen LogP contribution in [0.3, 0.4) is 0 Å². The van der Waals surface area contributed by atoms with Crippen LogP contribution in [0.1, 0.15) is 74.2 Å². The van der Waals surface area contributed by atoms with E-state index in [4.69, 9.17) is 9.47 Å². The van der Waals surface area contributed by atoms with Gasteiger partial charge in [0.2, 0.25) is 5.91 Å². The van der Waals surface area contributed by atoms with E-state index in [2.05, 4.69) is 66.2 Å². The van der Waals surface area contributed by atoms with Gasteiger partial charge in [0.15, 0.2) is 6.29 Å². The zero-order valence-corrected chi connectivity index (χ0v) is 24.9. The molecule has 1 heterocycles. The van der Waals surface area contributed by atoms with E-state index in [1.165, 1.54) is 32.6 Å². The maximum atomic E-state index is 11.5. The number of ether oxygens (including phenoxy) is 2. The minimum absolute atomic E-state index is 0.0217. The van der Waals surface area contributed by atoms with Crippen LogP contribution in [0.5, 0.6) is 0 Å². The Morgan fingerprint density at radius 3 is 2.36 bits per heavy atom. The molecule has 222 valence electrons. The molecule has 6 heteroatoms. The molecule has 2 N–H and O–H groups in total. The molecule has 3 aromatic rings. The second-order valence-corrected chi connectivity index (χ2v) is 11.7. The van der Waals surface area contributed by atoms with Crippen molar-refractivity contribution in [1.82, 2.24) is 10.2 Å². The molecule has 1 aliphatic heterocycles. The van der Waals surface area contributed by atoms with Crippen molar-refractivity contribution < 1.29 is 19.4 Å². The predicted octanol–water partition coefficient (Wildman–Crippen LogP) is 6.70. The Hall–Kier alpha value is -3.29. The largest absolute Gasteiger partial charge is 0.392 e. The standard InChI is InChI=1S/C36H44N2O4/c1-4-21-38(32-10-6-7-11-32)23-34-25(2)35(29-15-13-27(24-39)14-16-29)42-36(41-34)30-19-17-28(18-20-30)33-12-8-5-9-31(33)22-37-26(3)40/h4-5,8-9,12-20,25,32,34-36,39H,1,6-7,10-11,21-24H2,2-3H3,(H,37,40)/t25-,34+,35+,36+/m1/s1. The SMILES string of the molecule is C=CCN(C[C@@H]1O[C@H](c2ccc(-c3ccccc3CNC(C)=O)cc2)O[C@H](c2ccc(CO)cc2)[C@@H]1C)C1CCCC1. The first-order valence-corrected chi connectivity index (χ1v) is 15.2. The number of nitrogens with zero attached hydrogens (tertiary/aromatic N) is 1. The summed E-state index contributed by atoms with van der Waals surface area (Å²) in [5.41, 5.74) is 6.20. The van der Waals surface area contributed by atoms with Crippen LogP contribution in [0.4, 0.5) is 0 Å². The molecule has 0 spiro atoms. The van der Waals surface area contributed by atoms with Gasteiger partial charge in [-0.05, 0) is 40.7 Å². The molecular weight excluding hydrogens is 524 g/mol. The number of amides is 1. The summed E-state index contributed by atoms with van der Waals surface area (Å²) in [7, 11) is 0. The molecule has 0 aromatic heterocycles. The van der Waals surface area contributed by atoms with Gasteiger partial charge >= 0.3 is 0 Å². The van der Waals surface area contributed by atoms with Crippen molar-refractivity contribution in [3.8, 4) is 11.1 Å². The van der Waals surface area contributed by atoms with E-state index in [9.17, 15) is 9.90 Å². The topological polar surface area (TPSA) is 71.0 Å². The smallest absolute Gasteiger partial charge is 0.217 e. The second kappa shape index (κ2) is 14.3. The third-order valence-electron chi connectivity index (χ3n) is 8.78. The average Bonchev–Trinajstić information content (AvgIpc) is 3.56. The van der Waals surface area contributed by atoms with Crippen molar-refractivity contribution in [2.24, 2.45) is 5.92 Å². The minimum atomic E-state index is -0.508. The van der Waals surface area contributed by atoms with Gasteiger partial charge in [0, 0.05) is 44.1 Å². The first-order chi connectivity index (χ1) is 20.5. The zero-order valence-electron chi connectivity index (χ0n) is 24.9. The van der Waals surface area contributed by atoms with Crippen molar-refractivity contribution in [1.29, 1.82) is 0 Å². The Kier molecular flexibility index (Phi) is 10.2. The molecule has 1 aliphatic carbocycles. The van der Waals surface area contributed by atoms with E-state index in [1.54, 1.807) is 0 Å². The van der Waals surface area contributed by atoms with Crippen LogP contribution in [0.25, 0.3) is 11.1 Å². The first kappa shape index (κ1) is 30.2. The summed E-state index contributed by atoms with van der Waals surface area (Å²) in [4.78, 5) is 14.1. The number of aliphatic hydroxyl groups is 1. The quantitative estimate of drug-likeness (QED) is 0.252. The van der Waals surface area contributed by atoms with Crippen molar-refractivity contribution in [3.05, 3.63) is 108 Å². The molecule has 3 aromatic carbocycles. The highest BCUT2D eigenvalue weighted by atomic mass is 16.7. The molecule has 0 unspecified atom stereocenters. The highest BCUT2D eigenvalue weighted by molar-refractivity contribution is 5.74. The van der Waals surface area contributed by atoms with Crippen molar-refractivity contribution >= 4 is 5.91 Å². The fourth-order valence-electron chi connectivity index (χ4n) is 6.36. The number of hydrogen-bond donors (Lipinski definition) is 2. The summed E-state index contributed by atoms with van der Waals surface area (Å²) in [6, 6.07) is 25.2. The summed E-state index contributed by atoms with van der Waals surface area (Å²) in [6.45, 7) is 9.99. The van der Waals surface area contributed by atoms with E-state index in [0.29, 0.717) is 12.6 Å². The predicted molar refractivity (Wildman–Crippen MR) is 166 cm³/mol. The van der Waals surface area contributed by atoms with E-state index >= 15 is 0 Å². The number of aliphatic hydroxyl groups excluding tert-OH is 1. The fourth-order valence-corrected chi connectivity index (χ4v) is 6.36. The van der Waals surface area contributed by atoms with Crippen LogP contribution < -0.4 is 5.32 Å². The van der Waals surface area contributed by atoms with Crippen LogP contribution in [0.2, 0.25) is 0 Å². The lowest BCUT2D eigenvalue weighted by Crippen LogP contribution is -2.47. The third-order valence-corrected chi connectivity index (χ3v) is 8.78. The Labute approximate surface area is 250 Å². The monoisotopic (exact) mass is 568 g/mol. The minimum Gasteiger partial charge on any atom is -0.392 e. The van der Waals surface area contributed by atoms with Crippen molar-refractivity contribution in [2.75, 3.05) is 13.1 Å². The van der Waals surface area contributed by atoms with Gasteiger partial charge in [0.25, 0.3) is 0 Å². The lowest BCUT2D eigenvalue weighted by Gasteiger charge is -2.43. The van der Waals surface area contributed by atoms with E-state index < -0.39 is 6.29 Å². The number of benzene rings is 3. The maximum Gasteiger partial charge on any atom is 0.217 e. The van der Waals surface area contributed by atoms with Crippen LogP contribution in [0, 0.1) is 5.92 Å². The highest BCUT2D eigenvalue weighted by Crippen LogP contribution is 2.42. The first-order valence-electron chi connectivity index (χ1n) is 15.2. The molecule has 0 bridgehead atoms. The number of rotatable bonds is 11. The molecule has 1 saturated carbocycles. The van der Waals surface area contributed by atoms with E-state index in [0.717, 1.165) is 46.5 Å². The average molecular weight is 569 g/mol. The fraction of sp³-hybridized carbons (Fsp3) is 0.417. The molecule has 4 atom stereocenters. The number of hydrogen-bond acceptors (Lipinski definition) is 5. The Morgan fingerprint density at radius 1 is 1.00 bits per heavy atom. The van der Waals surface area contributed by atoms with Gasteiger partial charge in [-0.15, -0.1) is 6.58 Å². The molecule has 5 rings (SSSR count). The van der Waals surface area contributed by atoms with Gasteiger partial charge in [-0.25, -0.2) is 0 Å².